The van der Waals surface area contributed by atoms with Gasteiger partial charge in [-0.3, -0.25) is 51.4 Å². The number of carbonyl (C=O) groups excluding carboxylic acids is 1. The van der Waals surface area contributed by atoms with Gasteiger partial charge in [0.15, 0.2) is 34.7 Å². The molecular weight excluding hydrogens is 1580 g/mol. The molecule has 0 aliphatic rings. The summed E-state index contributed by atoms with van der Waals surface area (Å²) in [6, 6.07) is 52.9. The van der Waals surface area contributed by atoms with E-state index in [2.05, 4.69) is 10.6 Å². The van der Waals surface area contributed by atoms with Crippen molar-refractivity contribution in [1.82, 2.24) is 38.0 Å². The van der Waals surface area contributed by atoms with Crippen LogP contribution in [0.1, 0.15) is 118 Å². The van der Waals surface area contributed by atoms with Crippen molar-refractivity contribution in [3.63, 3.8) is 0 Å². The van der Waals surface area contributed by atoms with Gasteiger partial charge in [-0.15, -0.1) is 0 Å². The first-order valence-electron chi connectivity index (χ1n) is 39.5. The Morgan fingerprint density at radius 2 is 0.697 bits per heavy atom. The lowest BCUT2D eigenvalue weighted by atomic mass is 10.0. The second-order valence-corrected chi connectivity index (χ2v) is 29.1. The molecule has 0 aliphatic carbocycles. The largest absolute Gasteiger partial charge is 0.494 e. The minimum absolute atomic E-state index is 0.0137. The van der Waals surface area contributed by atoms with Crippen LogP contribution >= 0.6 is 0 Å². The molecule has 28 heteroatoms. The molecule has 5 N–H and O–H groups in total. The van der Waals surface area contributed by atoms with E-state index in [1.54, 1.807) is 108 Å². The Balaban J connectivity index is 0.000000193. The summed E-state index contributed by atoms with van der Waals surface area (Å²) in [4.78, 5) is 106. The standard InChI is InChI=1S/C34H37F2N3O5.C32H33F2N3O5.C28H27F2N3O3/c1-5-44-30(40)18-11-19-37-28(24-13-7-6-8-14-24)21-39-33(41)31(25-15-10-17-29(43-4)32(25)36)23(3)38(34(39)42)20-26-22(2)12-9-16-27(26)35;1-20-10-7-14-25(33)24(20)18-36-21(2)29(23-13-8-15-27(42-3)30(23)34)31(40)37(32(36)41)19-26(22-11-5-4-6-12-22)35-17-9-16-28(38)39;1-17-9-7-13-22(29)21(17)15-32-18(2)25(20-12-8-14-24(36-3)26(20)30)27(34)33(28(32)35)16-23(31)19-10-5-4-6-11-19/h6-10,12-17,28,37H,5,11,18-21H2,1-4H3;4-8,10-15,26,35H,9,16-19H2,1-3H3,(H,38,39);4-14,23H,15-16,31H2,1-3H3/t28-;26-;23-/m000/s1. The molecule has 0 fully saturated rings. The number of nitrogens with two attached hydrogens (primary N) is 1. The van der Waals surface area contributed by atoms with Crippen LogP contribution in [0, 0.1) is 76.4 Å². The molecule has 0 saturated carbocycles. The number of halogens is 6. The molecule has 3 aromatic heterocycles. The molecule has 0 saturated heterocycles. The lowest BCUT2D eigenvalue weighted by molar-refractivity contribution is -0.143. The van der Waals surface area contributed by atoms with Crippen molar-refractivity contribution in [2.24, 2.45) is 5.73 Å². The van der Waals surface area contributed by atoms with E-state index < -0.39 is 92.7 Å². The number of rotatable bonds is 32. The summed E-state index contributed by atoms with van der Waals surface area (Å²) in [6.45, 7) is 11.7. The zero-order valence-electron chi connectivity index (χ0n) is 69.4. The summed E-state index contributed by atoms with van der Waals surface area (Å²) in [7, 11) is 3.97. The number of hydrogen-bond acceptors (Lipinski definition) is 15. The second kappa shape index (κ2) is 42.2. The van der Waals surface area contributed by atoms with Gasteiger partial charge in [0.1, 0.15) is 17.5 Å². The predicted octanol–water partition coefficient (Wildman–Crippen LogP) is 14.5. The van der Waals surface area contributed by atoms with Crippen LogP contribution in [0.2, 0.25) is 0 Å². The summed E-state index contributed by atoms with van der Waals surface area (Å²) in [6.07, 6.45) is 0.967. The van der Waals surface area contributed by atoms with E-state index in [4.69, 9.17) is 29.8 Å². The molecule has 0 amide bonds. The van der Waals surface area contributed by atoms with Gasteiger partial charge in [-0.1, -0.05) is 164 Å². The third-order valence-corrected chi connectivity index (χ3v) is 21.4. The smallest absolute Gasteiger partial charge is 0.331 e. The minimum atomic E-state index is -0.931. The molecule has 0 radical (unpaired) electrons. The van der Waals surface area contributed by atoms with Gasteiger partial charge in [-0.2, -0.15) is 0 Å². The van der Waals surface area contributed by atoms with Gasteiger partial charge in [0, 0.05) is 69.3 Å². The number of carboxylic acid groups (broad SMARTS) is 1. The number of methoxy groups -OCH3 is 3. The molecule has 9 aromatic carbocycles. The molecule has 22 nitrogen and oxygen atoms in total. The molecule has 0 unspecified atom stereocenters. The van der Waals surface area contributed by atoms with Crippen molar-refractivity contribution in [3.05, 3.63) is 365 Å². The first-order chi connectivity index (χ1) is 58.5. The Hall–Kier alpha value is -13.2. The first kappa shape index (κ1) is 91.1. The van der Waals surface area contributed by atoms with Crippen LogP contribution in [0.5, 0.6) is 17.2 Å². The third-order valence-electron chi connectivity index (χ3n) is 21.4. The highest BCUT2D eigenvalue weighted by Gasteiger charge is 2.30. The molecule has 12 rings (SSSR count). The highest BCUT2D eigenvalue weighted by Crippen LogP contribution is 2.34. The van der Waals surface area contributed by atoms with Gasteiger partial charge >= 0.3 is 29.0 Å². The zero-order chi connectivity index (χ0) is 88.2. The van der Waals surface area contributed by atoms with E-state index in [1.807, 2.05) is 78.9 Å². The van der Waals surface area contributed by atoms with Crippen LogP contribution in [0.15, 0.2) is 229 Å². The number of aryl methyl sites for hydroxylation is 3. The van der Waals surface area contributed by atoms with Crippen molar-refractivity contribution in [3.8, 4) is 50.6 Å². The lowest BCUT2D eigenvalue weighted by Gasteiger charge is -2.23. The average Bonchev–Trinajstić information content (AvgIpc) is 0.762. The van der Waals surface area contributed by atoms with Gasteiger partial charge in [0.2, 0.25) is 0 Å². The Bertz CT molecular complexity index is 6070. The van der Waals surface area contributed by atoms with Crippen LogP contribution in [0.25, 0.3) is 33.4 Å². The number of carboxylic acids is 1. The summed E-state index contributed by atoms with van der Waals surface area (Å²) in [5.41, 5.74) is 7.78. The van der Waals surface area contributed by atoms with Crippen molar-refractivity contribution in [2.75, 3.05) is 41.0 Å². The third kappa shape index (κ3) is 21.1. The van der Waals surface area contributed by atoms with Crippen molar-refractivity contribution in [1.29, 1.82) is 0 Å². The van der Waals surface area contributed by atoms with E-state index in [0.29, 0.717) is 54.8 Å². The quantitative estimate of drug-likeness (QED) is 0.0173. The number of nitrogens with zero attached hydrogens (tertiary/aromatic N) is 6. The summed E-state index contributed by atoms with van der Waals surface area (Å²) in [5.74, 6) is -5.11. The average molecular weight is 1670 g/mol. The van der Waals surface area contributed by atoms with E-state index in [0.717, 1.165) is 30.4 Å². The molecule has 3 heterocycles. The number of esters is 1. The van der Waals surface area contributed by atoms with Gasteiger partial charge in [-0.25, -0.2) is 40.7 Å². The van der Waals surface area contributed by atoms with E-state index in [-0.39, 0.29) is 137 Å². The number of ether oxygens (including phenoxy) is 4. The van der Waals surface area contributed by atoms with E-state index in [1.165, 1.54) is 96.6 Å². The number of aliphatic carboxylic acids is 1. The summed E-state index contributed by atoms with van der Waals surface area (Å²) in [5, 5.41) is 15.7. The van der Waals surface area contributed by atoms with Crippen LogP contribution < -0.4 is 64.3 Å². The molecule has 3 atom stereocenters. The van der Waals surface area contributed by atoms with Crippen LogP contribution in [-0.4, -0.2) is 85.5 Å². The van der Waals surface area contributed by atoms with Gasteiger partial charge < -0.3 is 40.4 Å². The molecule has 0 spiro atoms. The highest BCUT2D eigenvalue weighted by atomic mass is 19.1. The van der Waals surface area contributed by atoms with Gasteiger partial charge in [0.25, 0.3) is 16.7 Å². The fraction of sp³-hybridized carbons (Fsp3) is 0.277. The molecule has 638 valence electrons. The monoisotopic (exact) mass is 1670 g/mol. The Kier molecular flexibility index (Phi) is 31.5. The zero-order valence-corrected chi connectivity index (χ0v) is 69.4. The van der Waals surface area contributed by atoms with Crippen molar-refractivity contribution < 1.29 is 60.0 Å². The Morgan fingerprint density at radius 1 is 0.393 bits per heavy atom. The first-order valence-corrected chi connectivity index (χ1v) is 39.5. The molecule has 122 heavy (non-hydrogen) atoms. The van der Waals surface area contributed by atoms with Crippen molar-refractivity contribution >= 4 is 11.9 Å². The molecule has 0 aliphatic heterocycles. The maximum Gasteiger partial charge on any atom is 0.331 e. The highest BCUT2D eigenvalue weighted by molar-refractivity contribution is 5.71. The van der Waals surface area contributed by atoms with Gasteiger partial charge in [0.05, 0.1) is 96.0 Å². The van der Waals surface area contributed by atoms with Crippen LogP contribution in [0.4, 0.5) is 26.3 Å². The predicted molar refractivity (Wildman–Crippen MR) is 456 cm³/mol. The fourth-order valence-electron chi connectivity index (χ4n) is 14.6. The molecule has 12 aromatic rings. The lowest BCUT2D eigenvalue weighted by Crippen LogP contribution is -2.45. The normalized spacial score (nSPS) is 11.8. The maximum absolute atomic E-state index is 15.6. The number of nitrogens with one attached hydrogen (secondary N) is 2. The molecular formula is C94H97F6N9O13. The van der Waals surface area contributed by atoms with Crippen LogP contribution in [0.3, 0.4) is 0 Å². The number of carbonyl (C=O) groups is 2. The van der Waals surface area contributed by atoms with Crippen LogP contribution in [-0.2, 0) is 53.6 Å². The minimum Gasteiger partial charge on any atom is -0.494 e. The number of hydrogen-bond donors (Lipinski definition) is 4. The number of aromatic nitrogens is 6. The number of benzene rings is 9. The summed E-state index contributed by atoms with van der Waals surface area (Å²) < 4.78 is 118. The van der Waals surface area contributed by atoms with E-state index in [9.17, 15) is 51.5 Å². The molecule has 0 bridgehead atoms. The van der Waals surface area contributed by atoms with Gasteiger partial charge in [-0.05, 0) is 144 Å². The van der Waals surface area contributed by atoms with E-state index >= 15 is 13.2 Å². The van der Waals surface area contributed by atoms with Crippen molar-refractivity contribution in [2.45, 2.75) is 132 Å². The topological polar surface area (TPSA) is 273 Å². The Morgan fingerprint density at radius 3 is 1.00 bits per heavy atom. The summed E-state index contributed by atoms with van der Waals surface area (Å²) >= 11 is 0. The fourth-order valence-corrected chi connectivity index (χ4v) is 14.6. The Labute approximate surface area is 700 Å². The maximum atomic E-state index is 15.6. The second-order valence-electron chi connectivity index (χ2n) is 29.1. The SMILES string of the molecule is CCOC(=O)CCCN[C@@H](Cn1c(=O)c(-c2cccc(OC)c2F)c(C)n(Cc2c(C)cccc2F)c1=O)c1ccccc1.COc1cccc(-c2c(C)n(Cc3c(C)cccc3F)c(=O)n(C[C@H](N)c3ccccc3)c2=O)c1F.COc1cccc(-c2c(C)n(Cc3c(C)cccc3F)c(=O)n(C[C@H](NCCCC(=O)O)c3ccccc3)c2=O)c1F.